The normalized spacial score (nSPS) is 15.6. The number of hydrogen-bond acceptors (Lipinski definition) is 4. The minimum Gasteiger partial charge on any atom is -0.478 e. The molecule has 1 aliphatic heterocycles. The van der Waals surface area contributed by atoms with E-state index in [1.165, 1.54) is 22.7 Å². The van der Waals surface area contributed by atoms with Crippen molar-refractivity contribution in [2.75, 3.05) is 10.7 Å². The van der Waals surface area contributed by atoms with Crippen molar-refractivity contribution in [2.24, 2.45) is 0 Å². The van der Waals surface area contributed by atoms with Crippen molar-refractivity contribution in [1.29, 1.82) is 0 Å². The molecular formula is C10H7NO3S2. The number of rotatable bonds is 2. The Morgan fingerprint density at radius 3 is 2.69 bits per heavy atom. The predicted molar refractivity (Wildman–Crippen MR) is 65.9 cm³/mol. The minimum absolute atomic E-state index is 0.0840. The Hall–Kier alpha value is -1.40. The van der Waals surface area contributed by atoms with Crippen molar-refractivity contribution in [1.82, 2.24) is 0 Å². The van der Waals surface area contributed by atoms with Crippen LogP contribution < -0.4 is 4.90 Å². The van der Waals surface area contributed by atoms with E-state index in [4.69, 9.17) is 17.3 Å². The first-order valence-electron chi connectivity index (χ1n) is 4.43. The lowest BCUT2D eigenvalue weighted by atomic mass is 10.1. The number of hydrogen-bond donors (Lipinski definition) is 1. The van der Waals surface area contributed by atoms with Gasteiger partial charge in [-0.15, -0.1) is 0 Å². The van der Waals surface area contributed by atoms with Crippen molar-refractivity contribution in [3.05, 3.63) is 29.8 Å². The third-order valence-electron chi connectivity index (χ3n) is 2.13. The summed E-state index contributed by atoms with van der Waals surface area (Å²) in [6.45, 7) is 0. The van der Waals surface area contributed by atoms with Gasteiger partial charge in [-0.25, -0.2) is 4.79 Å². The molecule has 1 fully saturated rings. The summed E-state index contributed by atoms with van der Waals surface area (Å²) in [6, 6.07) is 6.33. The Kier molecular flexibility index (Phi) is 2.93. The van der Waals surface area contributed by atoms with E-state index < -0.39 is 5.97 Å². The zero-order chi connectivity index (χ0) is 11.7. The predicted octanol–water partition coefficient (Wildman–Crippen LogP) is 1.75. The molecule has 1 aromatic rings. The van der Waals surface area contributed by atoms with Gasteiger partial charge in [0, 0.05) is 0 Å². The number of carboxylic acid groups (broad SMARTS) is 1. The third kappa shape index (κ3) is 1.81. The second kappa shape index (κ2) is 4.23. The van der Waals surface area contributed by atoms with Crippen LogP contribution in [-0.2, 0) is 4.79 Å². The minimum atomic E-state index is -1.07. The number of thiocarbonyl (C=S) groups is 1. The summed E-state index contributed by atoms with van der Waals surface area (Å²) in [5, 5.41) is 9.01. The molecule has 1 aromatic carbocycles. The van der Waals surface area contributed by atoms with Crippen LogP contribution in [0.4, 0.5) is 5.69 Å². The smallest absolute Gasteiger partial charge is 0.337 e. The highest BCUT2D eigenvalue weighted by Crippen LogP contribution is 2.29. The molecule has 4 nitrogen and oxygen atoms in total. The molecule has 6 heteroatoms. The summed E-state index contributed by atoms with van der Waals surface area (Å²) in [5.41, 5.74) is 0.427. The highest BCUT2D eigenvalue weighted by Gasteiger charge is 2.30. The number of carbonyl (C=O) groups excluding carboxylic acids is 1. The Labute approximate surface area is 101 Å². The number of amides is 1. The van der Waals surface area contributed by atoms with Crippen LogP contribution in [0.1, 0.15) is 10.4 Å². The maximum Gasteiger partial charge on any atom is 0.337 e. The van der Waals surface area contributed by atoms with Gasteiger partial charge >= 0.3 is 5.97 Å². The fourth-order valence-corrected chi connectivity index (χ4v) is 2.52. The lowest BCUT2D eigenvalue weighted by molar-refractivity contribution is -0.115. The zero-order valence-corrected chi connectivity index (χ0v) is 9.68. The Morgan fingerprint density at radius 1 is 1.44 bits per heavy atom. The molecule has 0 radical (unpaired) electrons. The quantitative estimate of drug-likeness (QED) is 0.814. The average molecular weight is 253 g/mol. The van der Waals surface area contributed by atoms with Gasteiger partial charge in [-0.1, -0.05) is 36.1 Å². The molecule has 1 aliphatic rings. The molecule has 0 spiro atoms. The molecule has 0 unspecified atom stereocenters. The maximum atomic E-state index is 11.6. The first-order valence-corrected chi connectivity index (χ1v) is 5.82. The molecule has 82 valence electrons. The van der Waals surface area contributed by atoms with Crippen molar-refractivity contribution >= 4 is 45.9 Å². The van der Waals surface area contributed by atoms with Crippen LogP contribution in [0, 0.1) is 0 Å². The number of benzene rings is 1. The monoisotopic (exact) mass is 253 g/mol. The van der Waals surface area contributed by atoms with Crippen LogP contribution in [0.5, 0.6) is 0 Å². The SMILES string of the molecule is O=C(O)c1ccccc1N1C(=O)CSC1=S. The molecule has 1 heterocycles. The van der Waals surface area contributed by atoms with E-state index in [-0.39, 0.29) is 17.2 Å². The van der Waals surface area contributed by atoms with Crippen LogP contribution >= 0.6 is 24.0 Å². The van der Waals surface area contributed by atoms with Crippen LogP contribution in [-0.4, -0.2) is 27.1 Å². The summed E-state index contributed by atoms with van der Waals surface area (Å²) in [5.74, 6) is -0.973. The molecule has 0 saturated carbocycles. The van der Waals surface area contributed by atoms with Gasteiger partial charge in [0.2, 0.25) is 5.91 Å². The van der Waals surface area contributed by atoms with E-state index in [2.05, 4.69) is 0 Å². The number of anilines is 1. The Balaban J connectivity index is 2.51. The lowest BCUT2D eigenvalue weighted by Gasteiger charge is -2.16. The van der Waals surface area contributed by atoms with E-state index in [0.717, 1.165) is 0 Å². The van der Waals surface area contributed by atoms with Crippen LogP contribution in [0.3, 0.4) is 0 Å². The van der Waals surface area contributed by atoms with Gasteiger partial charge in [-0.05, 0) is 12.1 Å². The molecule has 1 amide bonds. The number of carboxylic acids is 1. The fraction of sp³-hybridized carbons (Fsp3) is 0.100. The largest absolute Gasteiger partial charge is 0.478 e. The molecule has 0 atom stereocenters. The highest BCUT2D eigenvalue weighted by atomic mass is 32.2. The van der Waals surface area contributed by atoms with E-state index >= 15 is 0 Å². The standard InChI is InChI=1S/C10H7NO3S2/c12-8-5-16-10(15)11(8)7-4-2-1-3-6(7)9(13)14/h1-4H,5H2,(H,13,14). The van der Waals surface area contributed by atoms with Gasteiger partial charge in [0.1, 0.15) is 4.32 Å². The first-order chi connectivity index (χ1) is 7.61. The van der Waals surface area contributed by atoms with Crippen LogP contribution in [0.25, 0.3) is 0 Å². The molecule has 1 saturated heterocycles. The van der Waals surface area contributed by atoms with Gasteiger partial charge in [-0.2, -0.15) is 0 Å². The van der Waals surface area contributed by atoms with E-state index in [1.807, 2.05) is 0 Å². The average Bonchev–Trinajstić information content (AvgIpc) is 2.58. The third-order valence-corrected chi connectivity index (χ3v) is 3.48. The van der Waals surface area contributed by atoms with Gasteiger partial charge < -0.3 is 5.11 Å². The van der Waals surface area contributed by atoms with E-state index in [9.17, 15) is 9.59 Å². The van der Waals surface area contributed by atoms with Crippen molar-refractivity contribution < 1.29 is 14.7 Å². The fourth-order valence-electron chi connectivity index (χ4n) is 1.44. The number of carbonyl (C=O) groups is 2. The molecular weight excluding hydrogens is 246 g/mol. The van der Waals surface area contributed by atoms with Gasteiger partial charge in [0.05, 0.1) is 17.0 Å². The molecule has 0 bridgehead atoms. The highest BCUT2D eigenvalue weighted by molar-refractivity contribution is 8.24. The molecule has 16 heavy (non-hydrogen) atoms. The number of aromatic carboxylic acids is 1. The summed E-state index contributed by atoms with van der Waals surface area (Å²) in [4.78, 5) is 23.9. The lowest BCUT2D eigenvalue weighted by Crippen LogP contribution is -2.29. The maximum absolute atomic E-state index is 11.6. The summed E-state index contributed by atoms with van der Waals surface area (Å²) in [7, 11) is 0. The van der Waals surface area contributed by atoms with Crippen LogP contribution in [0.15, 0.2) is 24.3 Å². The van der Waals surface area contributed by atoms with Crippen molar-refractivity contribution in [3.8, 4) is 0 Å². The van der Waals surface area contributed by atoms with E-state index in [1.54, 1.807) is 18.2 Å². The Bertz CT molecular complexity index is 471. The Morgan fingerprint density at radius 2 is 2.12 bits per heavy atom. The summed E-state index contributed by atoms with van der Waals surface area (Å²) in [6.07, 6.45) is 0. The second-order valence-electron chi connectivity index (χ2n) is 3.11. The van der Waals surface area contributed by atoms with Crippen LogP contribution in [0.2, 0.25) is 0 Å². The number of thioether (sulfide) groups is 1. The second-order valence-corrected chi connectivity index (χ2v) is 4.72. The zero-order valence-electron chi connectivity index (χ0n) is 8.04. The summed E-state index contributed by atoms with van der Waals surface area (Å²) >= 11 is 6.26. The summed E-state index contributed by atoms with van der Waals surface area (Å²) < 4.78 is 0.402. The molecule has 0 aromatic heterocycles. The van der Waals surface area contributed by atoms with Crippen molar-refractivity contribution in [3.63, 3.8) is 0 Å². The topological polar surface area (TPSA) is 57.6 Å². The number of para-hydroxylation sites is 1. The van der Waals surface area contributed by atoms with Crippen molar-refractivity contribution in [2.45, 2.75) is 0 Å². The molecule has 2 rings (SSSR count). The molecule has 0 aliphatic carbocycles. The van der Waals surface area contributed by atoms with E-state index in [0.29, 0.717) is 10.0 Å². The first kappa shape index (κ1) is 11.1. The van der Waals surface area contributed by atoms with Gasteiger partial charge in [0.25, 0.3) is 0 Å². The van der Waals surface area contributed by atoms with Gasteiger partial charge in [-0.3, -0.25) is 9.69 Å². The molecule has 1 N–H and O–H groups in total. The van der Waals surface area contributed by atoms with Gasteiger partial charge in [0.15, 0.2) is 0 Å². The number of nitrogens with zero attached hydrogens (tertiary/aromatic N) is 1.